The summed E-state index contributed by atoms with van der Waals surface area (Å²) in [5.74, 6) is -1.16. The molecule has 4 nitrogen and oxygen atoms in total. The van der Waals surface area contributed by atoms with Crippen molar-refractivity contribution in [3.63, 3.8) is 0 Å². The van der Waals surface area contributed by atoms with Crippen molar-refractivity contribution in [3.05, 3.63) is 83.4 Å². The lowest BCUT2D eigenvalue weighted by Gasteiger charge is -2.21. The van der Waals surface area contributed by atoms with Gasteiger partial charge in [0.2, 0.25) is 0 Å². The summed E-state index contributed by atoms with van der Waals surface area (Å²) in [7, 11) is 0. The molecule has 0 bridgehead atoms. The Morgan fingerprint density at radius 3 is 2.47 bits per heavy atom. The molecule has 3 N–H and O–H groups in total. The van der Waals surface area contributed by atoms with Gasteiger partial charge >= 0.3 is 0 Å². The van der Waals surface area contributed by atoms with E-state index in [9.17, 15) is 13.2 Å². The molecule has 0 spiro atoms. The third kappa shape index (κ3) is 4.21. The van der Waals surface area contributed by atoms with Gasteiger partial charge in [0.05, 0.1) is 0 Å². The minimum atomic E-state index is -0.627. The Morgan fingerprint density at radius 1 is 0.906 bits per heavy atom. The van der Waals surface area contributed by atoms with E-state index in [1.165, 1.54) is 18.2 Å². The number of piperidine rings is 1. The highest BCUT2D eigenvalue weighted by atomic mass is 19.1. The Balaban J connectivity index is 1.45. The predicted molar refractivity (Wildman–Crippen MR) is 120 cm³/mol. The number of aromatic nitrogens is 2. The zero-order valence-corrected chi connectivity index (χ0v) is 17.4. The largest absolute Gasteiger partial charge is 0.381 e. The second-order valence-electron chi connectivity index (χ2n) is 8.20. The molecule has 2 aromatic carbocycles. The summed E-state index contributed by atoms with van der Waals surface area (Å²) >= 11 is 0. The minimum Gasteiger partial charge on any atom is -0.381 e. The molecule has 5 rings (SSSR count). The Bertz CT molecular complexity index is 1240. The summed E-state index contributed by atoms with van der Waals surface area (Å²) in [4.78, 5) is 7.87. The van der Waals surface area contributed by atoms with Crippen LogP contribution in [-0.2, 0) is 6.54 Å². The molecule has 4 aromatic rings. The molecule has 32 heavy (non-hydrogen) atoms. The van der Waals surface area contributed by atoms with E-state index in [2.05, 4.69) is 26.7 Å². The van der Waals surface area contributed by atoms with E-state index in [-0.39, 0.29) is 12.4 Å². The van der Waals surface area contributed by atoms with Crippen LogP contribution < -0.4 is 10.6 Å². The molecule has 0 saturated carbocycles. The number of anilines is 1. The van der Waals surface area contributed by atoms with Crippen LogP contribution in [0.2, 0.25) is 0 Å². The van der Waals surface area contributed by atoms with Crippen molar-refractivity contribution in [1.82, 2.24) is 15.3 Å². The summed E-state index contributed by atoms with van der Waals surface area (Å²) in [6, 6.07) is 12.0. The van der Waals surface area contributed by atoms with Gasteiger partial charge in [-0.15, -0.1) is 0 Å². The van der Waals surface area contributed by atoms with Gasteiger partial charge in [0.25, 0.3) is 0 Å². The average molecular weight is 436 g/mol. The maximum Gasteiger partial charge on any atom is 0.138 e. The Hall–Kier alpha value is -3.32. The third-order valence-electron chi connectivity index (χ3n) is 6.01. The number of pyridine rings is 1. The molecule has 1 aliphatic heterocycles. The lowest BCUT2D eigenvalue weighted by Crippen LogP contribution is -2.26. The van der Waals surface area contributed by atoms with E-state index in [1.807, 2.05) is 6.07 Å². The van der Waals surface area contributed by atoms with Crippen LogP contribution in [0.5, 0.6) is 0 Å². The number of rotatable bonds is 5. The van der Waals surface area contributed by atoms with E-state index in [1.54, 1.807) is 18.3 Å². The molecule has 3 heterocycles. The fourth-order valence-corrected chi connectivity index (χ4v) is 4.39. The number of aromatic amines is 1. The molecule has 0 atom stereocenters. The van der Waals surface area contributed by atoms with Gasteiger partial charge in [-0.25, -0.2) is 18.2 Å². The summed E-state index contributed by atoms with van der Waals surface area (Å²) < 4.78 is 41.7. The zero-order valence-electron chi connectivity index (χ0n) is 17.4. The van der Waals surface area contributed by atoms with Gasteiger partial charge < -0.3 is 15.6 Å². The Morgan fingerprint density at radius 2 is 1.69 bits per heavy atom. The van der Waals surface area contributed by atoms with Gasteiger partial charge in [0.15, 0.2) is 0 Å². The standard InChI is InChI=1S/C25H23F3N4/c26-17-9-15(10-18(27)11-17)14-31-19-1-2-23(28)21(12-19)20-5-8-30-25-22(20)13-24(32-25)16-3-6-29-7-4-16/h1-2,5,8-13,16,29,31H,3-4,6-7,14H2,(H,30,32). The van der Waals surface area contributed by atoms with E-state index >= 15 is 0 Å². The minimum absolute atomic E-state index is 0.218. The SMILES string of the molecule is Fc1cc(F)cc(CNc2ccc(F)c(-c3ccnc4[nH]c(C5CCNCC5)cc34)c2)c1. The molecule has 2 aromatic heterocycles. The van der Waals surface area contributed by atoms with Crippen molar-refractivity contribution in [3.8, 4) is 11.1 Å². The van der Waals surface area contributed by atoms with Crippen molar-refractivity contribution in [1.29, 1.82) is 0 Å². The quantitative estimate of drug-likeness (QED) is 0.375. The Labute approximate surface area is 183 Å². The molecule has 0 radical (unpaired) electrons. The first kappa shape index (κ1) is 20.6. The van der Waals surface area contributed by atoms with Gasteiger partial charge in [-0.3, -0.25) is 0 Å². The summed E-state index contributed by atoms with van der Waals surface area (Å²) in [6.07, 6.45) is 3.78. The highest BCUT2D eigenvalue weighted by Crippen LogP contribution is 2.34. The van der Waals surface area contributed by atoms with Crippen LogP contribution in [-0.4, -0.2) is 23.1 Å². The van der Waals surface area contributed by atoms with Crippen LogP contribution >= 0.6 is 0 Å². The van der Waals surface area contributed by atoms with Crippen molar-refractivity contribution >= 4 is 16.7 Å². The summed E-state index contributed by atoms with van der Waals surface area (Å²) in [5, 5.41) is 7.38. The van der Waals surface area contributed by atoms with Gasteiger partial charge in [-0.1, -0.05) is 0 Å². The number of halogens is 3. The van der Waals surface area contributed by atoms with Gasteiger partial charge in [-0.05, 0) is 79.5 Å². The van der Waals surface area contributed by atoms with Crippen LogP contribution in [0.15, 0.2) is 54.7 Å². The molecule has 0 amide bonds. The fourth-order valence-electron chi connectivity index (χ4n) is 4.39. The first-order valence-electron chi connectivity index (χ1n) is 10.7. The van der Waals surface area contributed by atoms with E-state index in [0.717, 1.165) is 54.3 Å². The predicted octanol–water partition coefficient (Wildman–Crippen LogP) is 5.73. The monoisotopic (exact) mass is 436 g/mol. The van der Waals surface area contributed by atoms with Crippen molar-refractivity contribution in [2.45, 2.75) is 25.3 Å². The van der Waals surface area contributed by atoms with E-state index in [0.29, 0.717) is 22.7 Å². The molecule has 0 aliphatic carbocycles. The summed E-state index contributed by atoms with van der Waals surface area (Å²) in [6.45, 7) is 2.19. The Kier molecular flexibility index (Phi) is 5.57. The van der Waals surface area contributed by atoms with Crippen molar-refractivity contribution < 1.29 is 13.2 Å². The highest BCUT2D eigenvalue weighted by molar-refractivity contribution is 5.94. The first-order valence-corrected chi connectivity index (χ1v) is 10.7. The van der Waals surface area contributed by atoms with Crippen LogP contribution in [0, 0.1) is 17.5 Å². The van der Waals surface area contributed by atoms with Gasteiger partial charge in [-0.2, -0.15) is 0 Å². The molecule has 1 aliphatic rings. The molecular weight excluding hydrogens is 413 g/mol. The summed E-state index contributed by atoms with van der Waals surface area (Å²) in [5.41, 5.74) is 4.20. The van der Waals surface area contributed by atoms with Crippen molar-refractivity contribution in [2.75, 3.05) is 18.4 Å². The molecule has 1 fully saturated rings. The second-order valence-corrected chi connectivity index (χ2v) is 8.20. The zero-order chi connectivity index (χ0) is 22.1. The molecule has 0 unspecified atom stereocenters. The topological polar surface area (TPSA) is 52.7 Å². The highest BCUT2D eigenvalue weighted by Gasteiger charge is 2.19. The van der Waals surface area contributed by atoms with Crippen LogP contribution in [0.4, 0.5) is 18.9 Å². The van der Waals surface area contributed by atoms with Crippen LogP contribution in [0.1, 0.15) is 30.0 Å². The van der Waals surface area contributed by atoms with Crippen LogP contribution in [0.25, 0.3) is 22.2 Å². The smallest absolute Gasteiger partial charge is 0.138 e. The molecule has 7 heteroatoms. The molecule has 164 valence electrons. The number of fused-ring (bicyclic) bond motifs is 1. The maximum absolute atomic E-state index is 14.8. The van der Waals surface area contributed by atoms with Gasteiger partial charge in [0, 0.05) is 47.1 Å². The number of nitrogens with one attached hydrogen (secondary N) is 3. The maximum atomic E-state index is 14.8. The first-order chi connectivity index (χ1) is 15.6. The number of benzene rings is 2. The van der Waals surface area contributed by atoms with Crippen LogP contribution in [0.3, 0.4) is 0 Å². The lowest BCUT2D eigenvalue weighted by molar-refractivity contribution is 0.455. The average Bonchev–Trinajstić information content (AvgIpc) is 3.23. The molecular formula is C25H23F3N4. The normalized spacial score (nSPS) is 14.7. The number of H-pyrrole nitrogens is 1. The number of hydrogen-bond donors (Lipinski definition) is 3. The fraction of sp³-hybridized carbons (Fsp3) is 0.240. The third-order valence-corrected chi connectivity index (χ3v) is 6.01. The van der Waals surface area contributed by atoms with Crippen molar-refractivity contribution in [2.24, 2.45) is 0 Å². The van der Waals surface area contributed by atoms with E-state index < -0.39 is 11.6 Å². The lowest BCUT2D eigenvalue weighted by atomic mass is 9.94. The molecule has 1 saturated heterocycles. The second kappa shape index (κ2) is 8.67. The van der Waals surface area contributed by atoms with Gasteiger partial charge in [0.1, 0.15) is 23.1 Å². The number of hydrogen-bond acceptors (Lipinski definition) is 3. The number of nitrogens with zero attached hydrogens (tertiary/aromatic N) is 1. The van der Waals surface area contributed by atoms with E-state index in [4.69, 9.17) is 0 Å².